The molecule has 0 fully saturated rings. The van der Waals surface area contributed by atoms with Crippen molar-refractivity contribution in [2.75, 3.05) is 13.2 Å². The van der Waals surface area contributed by atoms with E-state index in [0.717, 1.165) is 26.1 Å². The van der Waals surface area contributed by atoms with E-state index in [1.54, 1.807) is 0 Å². The van der Waals surface area contributed by atoms with Crippen LogP contribution in [0.5, 0.6) is 0 Å². The predicted octanol–water partition coefficient (Wildman–Crippen LogP) is 2.56. The normalized spacial score (nSPS) is 21.5. The minimum Gasteiger partial charge on any atom is -0.373 e. The highest BCUT2D eigenvalue weighted by molar-refractivity contribution is 7.10. The number of hydrogen-bond acceptors (Lipinski definition) is 3. The molecular weight excluding hydrogens is 203 g/mol. The van der Waals surface area contributed by atoms with Crippen molar-refractivity contribution in [3.8, 4) is 0 Å². The van der Waals surface area contributed by atoms with Crippen LogP contribution >= 0.6 is 20.8 Å². The average Bonchev–Trinajstić information content (AvgIpc) is 2.62. The molecule has 13 heavy (non-hydrogen) atoms. The van der Waals surface area contributed by atoms with E-state index in [1.165, 1.54) is 10.4 Å². The summed E-state index contributed by atoms with van der Waals surface area (Å²) >= 11 is 1.84. The topological polar surface area (TPSA) is 18.5 Å². The van der Waals surface area contributed by atoms with Crippen LogP contribution in [0.4, 0.5) is 0 Å². The summed E-state index contributed by atoms with van der Waals surface area (Å²) in [7, 11) is 2.28. The molecule has 4 heteroatoms. The second kappa shape index (κ2) is 4.52. The molecule has 0 bridgehead atoms. The quantitative estimate of drug-likeness (QED) is 0.723. The van der Waals surface area contributed by atoms with Gasteiger partial charge in [-0.3, -0.25) is 0 Å². The summed E-state index contributed by atoms with van der Waals surface area (Å²) in [4.78, 5) is 1.49. The van der Waals surface area contributed by atoms with E-state index >= 15 is 0 Å². The fourth-order valence-corrected chi connectivity index (χ4v) is 2.69. The van der Waals surface area contributed by atoms with Gasteiger partial charge in [0.15, 0.2) is 0 Å². The standard InChI is InChI=1S/C9H13O2PS/c12-11-5-1-8-7-3-6-13-9(7)2-4-10-8/h3,6,8H,1-2,4-5,12H2. The SMILES string of the molecule is POCCC1OCCc2sccc21. The lowest BCUT2D eigenvalue weighted by molar-refractivity contribution is 0.0303. The van der Waals surface area contributed by atoms with E-state index in [-0.39, 0.29) is 6.10 Å². The molecule has 2 heterocycles. The molecule has 2 rings (SSSR count). The average molecular weight is 216 g/mol. The lowest BCUT2D eigenvalue weighted by Crippen LogP contribution is -2.15. The number of fused-ring (bicyclic) bond motifs is 1. The minimum atomic E-state index is 0.260. The third kappa shape index (κ3) is 2.10. The summed E-state index contributed by atoms with van der Waals surface area (Å²) in [6.45, 7) is 1.60. The molecule has 0 saturated carbocycles. The van der Waals surface area contributed by atoms with Gasteiger partial charge < -0.3 is 9.26 Å². The van der Waals surface area contributed by atoms with E-state index in [1.807, 2.05) is 11.3 Å². The summed E-state index contributed by atoms with van der Waals surface area (Å²) in [6.07, 6.45) is 2.29. The fourth-order valence-electron chi connectivity index (χ4n) is 1.64. The van der Waals surface area contributed by atoms with Crippen LogP contribution in [0, 0.1) is 0 Å². The molecule has 1 aliphatic rings. The maximum absolute atomic E-state index is 5.68. The Balaban J connectivity index is 2.07. The largest absolute Gasteiger partial charge is 0.373 e. The van der Waals surface area contributed by atoms with Crippen molar-refractivity contribution < 1.29 is 9.26 Å². The van der Waals surface area contributed by atoms with Crippen molar-refractivity contribution in [1.82, 2.24) is 0 Å². The van der Waals surface area contributed by atoms with Crippen LogP contribution in [-0.4, -0.2) is 13.2 Å². The van der Waals surface area contributed by atoms with Crippen molar-refractivity contribution in [2.45, 2.75) is 18.9 Å². The van der Waals surface area contributed by atoms with Gasteiger partial charge in [-0.2, -0.15) is 0 Å². The van der Waals surface area contributed by atoms with E-state index in [9.17, 15) is 0 Å². The molecule has 2 atom stereocenters. The second-order valence-corrected chi connectivity index (χ2v) is 4.40. The molecule has 0 aliphatic carbocycles. The van der Waals surface area contributed by atoms with E-state index in [0.29, 0.717) is 0 Å². The van der Waals surface area contributed by atoms with Gasteiger partial charge in [-0.25, -0.2) is 0 Å². The smallest absolute Gasteiger partial charge is 0.0857 e. The van der Waals surface area contributed by atoms with Gasteiger partial charge in [-0.05, 0) is 17.0 Å². The zero-order valence-corrected chi connectivity index (χ0v) is 9.33. The van der Waals surface area contributed by atoms with Gasteiger partial charge >= 0.3 is 0 Å². The third-order valence-corrected chi connectivity index (χ3v) is 3.51. The fraction of sp³-hybridized carbons (Fsp3) is 0.556. The zero-order valence-electron chi connectivity index (χ0n) is 7.36. The van der Waals surface area contributed by atoms with Crippen LogP contribution in [0.3, 0.4) is 0 Å². The molecule has 1 aromatic heterocycles. The second-order valence-electron chi connectivity index (χ2n) is 3.07. The van der Waals surface area contributed by atoms with Crippen LogP contribution < -0.4 is 0 Å². The molecule has 2 unspecified atom stereocenters. The lowest BCUT2D eigenvalue weighted by Gasteiger charge is -2.22. The van der Waals surface area contributed by atoms with Crippen LogP contribution in [0.15, 0.2) is 11.4 Å². The molecule has 2 nitrogen and oxygen atoms in total. The van der Waals surface area contributed by atoms with E-state index in [2.05, 4.69) is 20.9 Å². The van der Waals surface area contributed by atoms with Crippen molar-refractivity contribution in [2.24, 2.45) is 0 Å². The van der Waals surface area contributed by atoms with Gasteiger partial charge in [0.05, 0.1) is 19.3 Å². The molecule has 1 aromatic rings. The molecule has 1 aliphatic heterocycles. The highest BCUT2D eigenvalue weighted by Crippen LogP contribution is 2.32. The number of thiophene rings is 1. The molecular formula is C9H13O2PS. The van der Waals surface area contributed by atoms with E-state index in [4.69, 9.17) is 9.26 Å². The van der Waals surface area contributed by atoms with Gasteiger partial charge in [-0.15, -0.1) is 11.3 Å². The van der Waals surface area contributed by atoms with Crippen molar-refractivity contribution >= 4 is 20.8 Å². The number of hydrogen-bond donors (Lipinski definition) is 0. The molecule has 0 radical (unpaired) electrons. The van der Waals surface area contributed by atoms with Crippen molar-refractivity contribution in [1.29, 1.82) is 0 Å². The third-order valence-electron chi connectivity index (χ3n) is 2.27. The first-order valence-electron chi connectivity index (χ1n) is 4.41. The molecule has 0 N–H and O–H groups in total. The van der Waals surface area contributed by atoms with E-state index < -0.39 is 0 Å². The highest BCUT2D eigenvalue weighted by atomic mass is 32.1. The Morgan fingerprint density at radius 1 is 1.69 bits per heavy atom. The van der Waals surface area contributed by atoms with Crippen LogP contribution in [0.25, 0.3) is 0 Å². The number of rotatable bonds is 3. The van der Waals surface area contributed by atoms with Crippen LogP contribution in [0.1, 0.15) is 23.0 Å². The zero-order chi connectivity index (χ0) is 9.10. The summed E-state index contributed by atoms with van der Waals surface area (Å²) in [5.74, 6) is 0. The molecule has 0 aromatic carbocycles. The molecule has 0 amide bonds. The van der Waals surface area contributed by atoms with Crippen molar-refractivity contribution in [3.63, 3.8) is 0 Å². The molecule has 72 valence electrons. The molecule has 0 saturated heterocycles. The van der Waals surface area contributed by atoms with Crippen molar-refractivity contribution in [3.05, 3.63) is 21.9 Å². The summed E-state index contributed by atoms with van der Waals surface area (Å²) in [6, 6.07) is 2.17. The van der Waals surface area contributed by atoms with Crippen LogP contribution in [0.2, 0.25) is 0 Å². The monoisotopic (exact) mass is 216 g/mol. The Hall–Kier alpha value is 0.0500. The minimum absolute atomic E-state index is 0.260. The summed E-state index contributed by atoms with van der Waals surface area (Å²) in [5, 5.41) is 2.15. The first-order valence-corrected chi connectivity index (χ1v) is 5.76. The first-order chi connectivity index (χ1) is 6.42. The Bertz CT molecular complexity index is 274. The first kappa shape index (κ1) is 9.60. The van der Waals surface area contributed by atoms with Gasteiger partial charge in [0, 0.05) is 27.2 Å². The lowest BCUT2D eigenvalue weighted by atomic mass is 10.0. The van der Waals surface area contributed by atoms with Crippen LogP contribution in [-0.2, 0) is 15.7 Å². The Kier molecular flexibility index (Phi) is 3.33. The van der Waals surface area contributed by atoms with Gasteiger partial charge in [0.2, 0.25) is 0 Å². The summed E-state index contributed by atoms with van der Waals surface area (Å²) in [5.41, 5.74) is 1.37. The van der Waals surface area contributed by atoms with Gasteiger partial charge in [0.1, 0.15) is 0 Å². The maximum Gasteiger partial charge on any atom is 0.0857 e. The Labute approximate surface area is 84.5 Å². The Morgan fingerprint density at radius 3 is 3.46 bits per heavy atom. The van der Waals surface area contributed by atoms with Gasteiger partial charge in [0.25, 0.3) is 0 Å². The molecule has 0 spiro atoms. The predicted molar refractivity (Wildman–Crippen MR) is 57.0 cm³/mol. The van der Waals surface area contributed by atoms with Gasteiger partial charge in [-0.1, -0.05) is 0 Å². The summed E-state index contributed by atoms with van der Waals surface area (Å²) < 4.78 is 10.7. The number of ether oxygens (including phenoxy) is 1. The Morgan fingerprint density at radius 2 is 2.62 bits per heavy atom. The maximum atomic E-state index is 5.68. The highest BCUT2D eigenvalue weighted by Gasteiger charge is 2.21.